The molecule has 4 aromatic rings. The van der Waals surface area contributed by atoms with E-state index in [1.807, 2.05) is 0 Å². The Kier molecular flexibility index (Phi) is 4.71. The van der Waals surface area contributed by atoms with E-state index in [1.54, 1.807) is 48.7 Å². The summed E-state index contributed by atoms with van der Waals surface area (Å²) in [7, 11) is 1.40. The monoisotopic (exact) mass is 397 g/mol. The Bertz CT molecular complexity index is 1140. The van der Waals surface area contributed by atoms with Crippen LogP contribution in [-0.2, 0) is 6.18 Å². The number of halogens is 3. The van der Waals surface area contributed by atoms with E-state index in [0.717, 1.165) is 6.07 Å². The maximum absolute atomic E-state index is 13.4. The molecule has 9 heteroatoms. The van der Waals surface area contributed by atoms with Crippen molar-refractivity contribution in [2.45, 2.75) is 6.18 Å². The topological polar surface area (TPSA) is 65.7 Å². The molecule has 0 aliphatic rings. The zero-order valence-electron chi connectivity index (χ0n) is 15.1. The van der Waals surface area contributed by atoms with Crippen molar-refractivity contribution in [3.8, 4) is 34.1 Å². The molecule has 0 aliphatic heterocycles. The van der Waals surface area contributed by atoms with Crippen molar-refractivity contribution in [1.82, 2.24) is 25.2 Å². The number of hydrogen-bond acceptors (Lipinski definition) is 5. The van der Waals surface area contributed by atoms with Crippen LogP contribution in [0, 0.1) is 0 Å². The van der Waals surface area contributed by atoms with Crippen LogP contribution in [0.15, 0.2) is 66.9 Å². The van der Waals surface area contributed by atoms with Crippen LogP contribution in [0.2, 0.25) is 0 Å². The number of hydrogen-bond donors (Lipinski definition) is 0. The lowest BCUT2D eigenvalue weighted by atomic mass is 9.98. The van der Waals surface area contributed by atoms with E-state index in [4.69, 9.17) is 4.74 Å². The first kappa shape index (κ1) is 18.6. The highest BCUT2D eigenvalue weighted by atomic mass is 19.4. The fraction of sp³-hybridized carbons (Fsp3) is 0.100. The lowest BCUT2D eigenvalue weighted by Crippen LogP contribution is -2.07. The Morgan fingerprint density at radius 3 is 2.45 bits per heavy atom. The molecule has 0 spiro atoms. The summed E-state index contributed by atoms with van der Waals surface area (Å²) in [6.45, 7) is 0. The van der Waals surface area contributed by atoms with Crippen LogP contribution >= 0.6 is 0 Å². The van der Waals surface area contributed by atoms with Crippen LogP contribution < -0.4 is 4.74 Å². The molecule has 0 radical (unpaired) electrons. The number of alkyl halides is 3. The molecule has 0 aliphatic carbocycles. The largest absolute Gasteiger partial charge is 0.496 e. The number of methoxy groups -OCH3 is 1. The fourth-order valence-corrected chi connectivity index (χ4v) is 2.91. The van der Waals surface area contributed by atoms with Crippen LogP contribution in [-0.4, -0.2) is 32.3 Å². The third-order valence-corrected chi connectivity index (χ3v) is 4.25. The van der Waals surface area contributed by atoms with Crippen LogP contribution in [0.3, 0.4) is 0 Å². The SMILES string of the molecule is COc1cc(-n2nnc(-c3ccccn3)n2)ccc1-c1ccccc1C(F)(F)F. The molecule has 2 heterocycles. The van der Waals surface area contributed by atoms with Gasteiger partial charge in [-0.2, -0.15) is 13.2 Å². The van der Waals surface area contributed by atoms with Gasteiger partial charge in [0.2, 0.25) is 5.82 Å². The second kappa shape index (κ2) is 7.34. The lowest BCUT2D eigenvalue weighted by molar-refractivity contribution is -0.137. The third-order valence-electron chi connectivity index (χ3n) is 4.25. The first-order chi connectivity index (χ1) is 14.0. The summed E-state index contributed by atoms with van der Waals surface area (Å²) in [6.07, 6.45) is -2.86. The number of rotatable bonds is 4. The molecule has 0 atom stereocenters. The predicted octanol–water partition coefficient (Wildman–Crippen LogP) is 4.42. The Labute approximate surface area is 163 Å². The van der Waals surface area contributed by atoms with Gasteiger partial charge in [0, 0.05) is 17.8 Å². The van der Waals surface area contributed by atoms with Crippen LogP contribution in [0.25, 0.3) is 28.3 Å². The summed E-state index contributed by atoms with van der Waals surface area (Å²) in [4.78, 5) is 5.44. The van der Waals surface area contributed by atoms with Gasteiger partial charge < -0.3 is 4.74 Å². The molecule has 29 heavy (non-hydrogen) atoms. The van der Waals surface area contributed by atoms with Gasteiger partial charge in [-0.1, -0.05) is 24.3 Å². The summed E-state index contributed by atoms with van der Waals surface area (Å²) in [5, 5.41) is 12.3. The Hall–Kier alpha value is -3.75. The number of pyridine rings is 1. The number of aromatic nitrogens is 5. The first-order valence-electron chi connectivity index (χ1n) is 8.54. The average molecular weight is 397 g/mol. The highest BCUT2D eigenvalue weighted by Gasteiger charge is 2.34. The summed E-state index contributed by atoms with van der Waals surface area (Å²) in [6, 6.07) is 15.4. The number of ether oxygens (including phenoxy) is 1. The zero-order chi connectivity index (χ0) is 20.4. The molecule has 6 nitrogen and oxygen atoms in total. The van der Waals surface area contributed by atoms with Crippen molar-refractivity contribution in [2.24, 2.45) is 0 Å². The molecule has 2 aromatic carbocycles. The first-order valence-corrected chi connectivity index (χ1v) is 8.54. The predicted molar refractivity (Wildman–Crippen MR) is 99.4 cm³/mol. The minimum Gasteiger partial charge on any atom is -0.496 e. The minimum absolute atomic E-state index is 0.0316. The van der Waals surface area contributed by atoms with E-state index < -0.39 is 11.7 Å². The Morgan fingerprint density at radius 2 is 1.72 bits per heavy atom. The molecular formula is C20H14F3N5O. The van der Waals surface area contributed by atoms with E-state index in [1.165, 1.54) is 24.0 Å². The quantitative estimate of drug-likeness (QED) is 0.510. The van der Waals surface area contributed by atoms with Crippen molar-refractivity contribution in [3.05, 3.63) is 72.4 Å². The van der Waals surface area contributed by atoms with Gasteiger partial charge in [0.15, 0.2) is 0 Å². The molecular weight excluding hydrogens is 383 g/mol. The summed E-state index contributed by atoms with van der Waals surface area (Å²) in [5.41, 5.74) is 0.659. The van der Waals surface area contributed by atoms with Crippen molar-refractivity contribution < 1.29 is 17.9 Å². The van der Waals surface area contributed by atoms with Crippen LogP contribution in [0.1, 0.15) is 5.56 Å². The highest BCUT2D eigenvalue weighted by molar-refractivity contribution is 5.75. The normalized spacial score (nSPS) is 11.4. The molecule has 0 bridgehead atoms. The second-order valence-electron chi connectivity index (χ2n) is 6.05. The fourth-order valence-electron chi connectivity index (χ4n) is 2.91. The standard InChI is InChI=1S/C20H14F3N5O/c1-29-18-12-13(28-26-19(25-27-28)17-8-4-5-11-24-17)9-10-15(18)14-6-2-3-7-16(14)20(21,22)23/h2-12H,1H3. The van der Waals surface area contributed by atoms with E-state index in [-0.39, 0.29) is 11.3 Å². The van der Waals surface area contributed by atoms with Gasteiger partial charge in [-0.25, -0.2) is 0 Å². The van der Waals surface area contributed by atoms with Gasteiger partial charge in [-0.15, -0.1) is 15.0 Å². The van der Waals surface area contributed by atoms with Crippen molar-refractivity contribution in [3.63, 3.8) is 0 Å². The van der Waals surface area contributed by atoms with Gasteiger partial charge in [-0.05, 0) is 41.1 Å². The van der Waals surface area contributed by atoms with Crippen molar-refractivity contribution in [2.75, 3.05) is 7.11 Å². The highest BCUT2D eigenvalue weighted by Crippen LogP contribution is 2.40. The smallest absolute Gasteiger partial charge is 0.417 e. The number of benzene rings is 2. The molecule has 4 rings (SSSR count). The van der Waals surface area contributed by atoms with Crippen LogP contribution in [0.5, 0.6) is 5.75 Å². The maximum atomic E-state index is 13.4. The molecule has 0 unspecified atom stereocenters. The Balaban J connectivity index is 1.75. The van der Waals surface area contributed by atoms with Crippen LogP contribution in [0.4, 0.5) is 13.2 Å². The van der Waals surface area contributed by atoms with Gasteiger partial charge in [-0.3, -0.25) is 4.98 Å². The molecule has 0 N–H and O–H groups in total. The van der Waals surface area contributed by atoms with Gasteiger partial charge in [0.1, 0.15) is 11.4 Å². The summed E-state index contributed by atoms with van der Waals surface area (Å²) in [5.74, 6) is 0.590. The molecule has 0 saturated carbocycles. The number of tetrazole rings is 1. The summed E-state index contributed by atoms with van der Waals surface area (Å²) >= 11 is 0. The van der Waals surface area contributed by atoms with Gasteiger partial charge in [0.25, 0.3) is 0 Å². The zero-order valence-corrected chi connectivity index (χ0v) is 15.1. The molecule has 0 saturated heterocycles. The number of nitrogens with zero attached hydrogens (tertiary/aromatic N) is 5. The second-order valence-corrected chi connectivity index (χ2v) is 6.05. The molecule has 2 aromatic heterocycles. The molecule has 0 amide bonds. The average Bonchev–Trinajstić information content (AvgIpc) is 3.24. The summed E-state index contributed by atoms with van der Waals surface area (Å²) < 4.78 is 45.5. The van der Waals surface area contributed by atoms with Gasteiger partial charge in [0.05, 0.1) is 18.4 Å². The minimum atomic E-state index is -4.48. The lowest BCUT2D eigenvalue weighted by Gasteiger charge is -2.15. The third kappa shape index (κ3) is 3.66. The van der Waals surface area contributed by atoms with E-state index in [2.05, 4.69) is 20.4 Å². The Morgan fingerprint density at radius 1 is 0.931 bits per heavy atom. The van der Waals surface area contributed by atoms with E-state index >= 15 is 0 Å². The van der Waals surface area contributed by atoms with Crippen molar-refractivity contribution >= 4 is 0 Å². The van der Waals surface area contributed by atoms with Crippen molar-refractivity contribution in [1.29, 1.82) is 0 Å². The van der Waals surface area contributed by atoms with E-state index in [9.17, 15) is 13.2 Å². The molecule has 0 fully saturated rings. The molecule has 146 valence electrons. The van der Waals surface area contributed by atoms with Gasteiger partial charge >= 0.3 is 6.18 Å². The maximum Gasteiger partial charge on any atom is 0.417 e. The van der Waals surface area contributed by atoms with E-state index in [0.29, 0.717) is 22.8 Å².